The first kappa shape index (κ1) is 9.35. The minimum absolute atomic E-state index is 0.212. The van der Waals surface area contributed by atoms with Gasteiger partial charge in [-0.2, -0.15) is 4.89 Å². The van der Waals surface area contributed by atoms with Crippen molar-refractivity contribution in [3.63, 3.8) is 0 Å². The zero-order valence-corrected chi connectivity index (χ0v) is 5.61. The Hall–Kier alpha value is -0.650. The van der Waals surface area contributed by atoms with Crippen molar-refractivity contribution in [2.45, 2.75) is 13.0 Å². The Morgan fingerprint density at radius 3 is 2.70 bits per heavy atom. The number of carbonyl (C=O) groups excluding carboxylic acids is 1. The molecular formula is C5H10O5. The Balaban J connectivity index is 3.42. The quantitative estimate of drug-likeness (QED) is 0.390. The predicted molar refractivity (Wildman–Crippen MR) is 30.8 cm³/mol. The van der Waals surface area contributed by atoms with Gasteiger partial charge >= 0.3 is 5.97 Å². The van der Waals surface area contributed by atoms with Crippen LogP contribution in [0.2, 0.25) is 0 Å². The second-order valence-corrected chi connectivity index (χ2v) is 1.51. The van der Waals surface area contributed by atoms with Crippen LogP contribution in [0.1, 0.15) is 6.92 Å². The van der Waals surface area contributed by atoms with Crippen LogP contribution in [-0.2, 0) is 14.6 Å². The number of aliphatic hydroxyl groups is 2. The van der Waals surface area contributed by atoms with Crippen LogP contribution in [-0.4, -0.2) is 35.5 Å². The Morgan fingerprint density at radius 2 is 2.30 bits per heavy atom. The summed E-state index contributed by atoms with van der Waals surface area (Å²) in [6.07, 6.45) is -1.51. The average molecular weight is 150 g/mol. The molecule has 5 heteroatoms. The van der Waals surface area contributed by atoms with E-state index in [1.54, 1.807) is 6.92 Å². The van der Waals surface area contributed by atoms with E-state index in [0.717, 1.165) is 0 Å². The molecule has 0 fully saturated rings. The molecule has 0 saturated carbocycles. The Bertz CT molecular complexity index is 102. The first-order valence-corrected chi connectivity index (χ1v) is 2.84. The molecule has 0 aromatic heterocycles. The fourth-order valence-corrected chi connectivity index (χ4v) is 0.247. The molecule has 0 aliphatic carbocycles. The van der Waals surface area contributed by atoms with Crippen LogP contribution in [0.4, 0.5) is 0 Å². The number of carbonyl (C=O) groups is 1. The number of rotatable bonds is 4. The summed E-state index contributed by atoms with van der Waals surface area (Å²) in [5, 5.41) is 16.7. The lowest BCUT2D eigenvalue weighted by molar-refractivity contribution is -0.276. The Morgan fingerprint density at radius 1 is 1.70 bits per heavy atom. The third-order valence-corrected chi connectivity index (χ3v) is 0.704. The molecule has 0 amide bonds. The maximum Gasteiger partial charge on any atom is 0.372 e. The minimum Gasteiger partial charge on any atom is -0.393 e. The number of hydrogen-bond donors (Lipinski definition) is 2. The standard InChI is InChI=1S/C5H10O5/c1-2-9-10-5(8)4(7)3-6/h4,6-7H,2-3H2,1H3. The summed E-state index contributed by atoms with van der Waals surface area (Å²) < 4.78 is 0. The summed E-state index contributed by atoms with van der Waals surface area (Å²) in [4.78, 5) is 18.6. The van der Waals surface area contributed by atoms with Gasteiger partial charge in [0.15, 0.2) is 6.10 Å². The van der Waals surface area contributed by atoms with Crippen LogP contribution >= 0.6 is 0 Å². The molecule has 2 N–H and O–H groups in total. The van der Waals surface area contributed by atoms with Crippen LogP contribution in [0.15, 0.2) is 0 Å². The van der Waals surface area contributed by atoms with Gasteiger partial charge in [0, 0.05) is 0 Å². The van der Waals surface area contributed by atoms with Crippen molar-refractivity contribution < 1.29 is 24.8 Å². The third-order valence-electron chi connectivity index (χ3n) is 0.704. The fraction of sp³-hybridized carbons (Fsp3) is 0.800. The van der Waals surface area contributed by atoms with Gasteiger partial charge in [-0.1, -0.05) is 0 Å². The highest BCUT2D eigenvalue weighted by atomic mass is 17.2. The summed E-state index contributed by atoms with van der Waals surface area (Å²) in [5.74, 6) is -0.982. The normalized spacial score (nSPS) is 12.7. The van der Waals surface area contributed by atoms with E-state index < -0.39 is 18.7 Å². The van der Waals surface area contributed by atoms with Gasteiger partial charge in [-0.05, 0) is 6.92 Å². The molecule has 0 heterocycles. The van der Waals surface area contributed by atoms with Gasteiger partial charge in [0.2, 0.25) is 0 Å². The van der Waals surface area contributed by atoms with Crippen LogP contribution in [0, 0.1) is 0 Å². The molecule has 0 radical (unpaired) electrons. The van der Waals surface area contributed by atoms with E-state index in [1.807, 2.05) is 0 Å². The zero-order valence-electron chi connectivity index (χ0n) is 5.61. The van der Waals surface area contributed by atoms with E-state index in [0.29, 0.717) is 0 Å². The Labute approximate surface area is 58.1 Å². The molecule has 0 aromatic rings. The first-order chi connectivity index (χ1) is 4.72. The van der Waals surface area contributed by atoms with Gasteiger partial charge in [-0.15, -0.1) is 0 Å². The van der Waals surface area contributed by atoms with Crippen molar-refractivity contribution in [1.29, 1.82) is 0 Å². The van der Waals surface area contributed by atoms with E-state index in [-0.39, 0.29) is 6.61 Å². The maximum atomic E-state index is 10.4. The van der Waals surface area contributed by atoms with Crippen molar-refractivity contribution in [3.05, 3.63) is 0 Å². The van der Waals surface area contributed by atoms with Gasteiger partial charge in [0.05, 0.1) is 13.2 Å². The minimum atomic E-state index is -1.51. The Kier molecular flexibility index (Phi) is 4.82. The van der Waals surface area contributed by atoms with E-state index in [4.69, 9.17) is 10.2 Å². The molecule has 0 saturated heterocycles. The first-order valence-electron chi connectivity index (χ1n) is 2.84. The predicted octanol–water partition coefficient (Wildman–Crippen LogP) is -1.17. The smallest absolute Gasteiger partial charge is 0.372 e. The highest BCUT2D eigenvalue weighted by Gasteiger charge is 2.15. The molecule has 0 aliphatic heterocycles. The van der Waals surface area contributed by atoms with E-state index in [1.165, 1.54) is 0 Å². The van der Waals surface area contributed by atoms with Crippen LogP contribution in [0.5, 0.6) is 0 Å². The molecule has 60 valence electrons. The van der Waals surface area contributed by atoms with Gasteiger partial charge in [-0.3, -0.25) is 4.89 Å². The average Bonchev–Trinajstić information content (AvgIpc) is 1.98. The molecule has 0 aliphatic rings. The summed E-state index contributed by atoms with van der Waals surface area (Å²) in [5.41, 5.74) is 0. The van der Waals surface area contributed by atoms with Crippen LogP contribution in [0.25, 0.3) is 0 Å². The van der Waals surface area contributed by atoms with Crippen molar-refractivity contribution in [3.8, 4) is 0 Å². The summed E-state index contributed by atoms with van der Waals surface area (Å²) in [6.45, 7) is 1.18. The van der Waals surface area contributed by atoms with Crippen molar-refractivity contribution in [2.24, 2.45) is 0 Å². The molecule has 0 bridgehead atoms. The monoisotopic (exact) mass is 150 g/mol. The molecule has 1 atom stereocenters. The van der Waals surface area contributed by atoms with E-state index in [9.17, 15) is 4.79 Å². The highest BCUT2D eigenvalue weighted by molar-refractivity contribution is 5.73. The zero-order chi connectivity index (χ0) is 7.98. The van der Waals surface area contributed by atoms with Gasteiger partial charge in [0.25, 0.3) is 0 Å². The van der Waals surface area contributed by atoms with Crippen molar-refractivity contribution in [2.75, 3.05) is 13.2 Å². The number of aliphatic hydroxyl groups excluding tert-OH is 2. The lowest BCUT2D eigenvalue weighted by Gasteiger charge is -2.04. The SMILES string of the molecule is CCOOC(=O)C(O)CO. The molecule has 0 rings (SSSR count). The molecule has 5 nitrogen and oxygen atoms in total. The lowest BCUT2D eigenvalue weighted by atomic mass is 10.4. The van der Waals surface area contributed by atoms with E-state index in [2.05, 4.69) is 9.78 Å². The maximum absolute atomic E-state index is 10.4. The molecule has 0 aromatic carbocycles. The summed E-state index contributed by atoms with van der Waals surface area (Å²) in [6, 6.07) is 0. The van der Waals surface area contributed by atoms with Crippen LogP contribution < -0.4 is 0 Å². The molecular weight excluding hydrogens is 140 g/mol. The lowest BCUT2D eigenvalue weighted by Crippen LogP contribution is -2.26. The molecule has 0 spiro atoms. The summed E-state index contributed by atoms with van der Waals surface area (Å²) in [7, 11) is 0. The third kappa shape index (κ3) is 3.39. The van der Waals surface area contributed by atoms with Gasteiger partial charge < -0.3 is 10.2 Å². The fourth-order valence-electron chi connectivity index (χ4n) is 0.247. The van der Waals surface area contributed by atoms with Gasteiger partial charge in [-0.25, -0.2) is 4.79 Å². The summed E-state index contributed by atoms with van der Waals surface area (Å²) >= 11 is 0. The van der Waals surface area contributed by atoms with Crippen molar-refractivity contribution >= 4 is 5.97 Å². The molecule has 10 heavy (non-hydrogen) atoms. The van der Waals surface area contributed by atoms with Crippen LogP contribution in [0.3, 0.4) is 0 Å². The topological polar surface area (TPSA) is 76.0 Å². The van der Waals surface area contributed by atoms with E-state index >= 15 is 0 Å². The molecule has 1 unspecified atom stereocenters. The van der Waals surface area contributed by atoms with Gasteiger partial charge in [0.1, 0.15) is 0 Å². The highest BCUT2D eigenvalue weighted by Crippen LogP contribution is 1.87. The second-order valence-electron chi connectivity index (χ2n) is 1.51. The second kappa shape index (κ2) is 5.16. The largest absolute Gasteiger partial charge is 0.393 e. The number of hydrogen-bond acceptors (Lipinski definition) is 5. The van der Waals surface area contributed by atoms with Crippen molar-refractivity contribution in [1.82, 2.24) is 0 Å².